The maximum atomic E-state index is 13.4. The maximum Gasteiger partial charge on any atom is 0.416 e. The van der Waals surface area contributed by atoms with Crippen LogP contribution in [-0.2, 0) is 6.18 Å². The van der Waals surface area contributed by atoms with Crippen molar-refractivity contribution >= 4 is 10.9 Å². The van der Waals surface area contributed by atoms with Crippen molar-refractivity contribution < 1.29 is 22.3 Å². The van der Waals surface area contributed by atoms with Crippen molar-refractivity contribution in [3.63, 3.8) is 0 Å². The monoisotopic (exact) mass is 461 g/mol. The fourth-order valence-corrected chi connectivity index (χ4v) is 3.59. The molecule has 0 aliphatic heterocycles. The average Bonchev–Trinajstić information content (AvgIpc) is 2.84. The summed E-state index contributed by atoms with van der Waals surface area (Å²) in [5.41, 5.74) is 1.39. The van der Waals surface area contributed by atoms with E-state index in [9.17, 15) is 17.6 Å². The topological polar surface area (TPSA) is 47.9 Å². The number of alkyl halides is 3. The van der Waals surface area contributed by atoms with Crippen LogP contribution < -0.4 is 4.74 Å². The van der Waals surface area contributed by atoms with E-state index in [0.717, 1.165) is 23.0 Å². The van der Waals surface area contributed by atoms with Gasteiger partial charge < -0.3 is 4.74 Å². The number of nitrogens with zero attached hydrogens (tertiary/aromatic N) is 3. The van der Waals surface area contributed by atoms with Crippen molar-refractivity contribution in [2.24, 2.45) is 0 Å². The number of rotatable bonds is 4. The van der Waals surface area contributed by atoms with E-state index >= 15 is 0 Å². The molecule has 0 unspecified atom stereocenters. The molecule has 5 rings (SSSR count). The minimum atomic E-state index is -4.53. The highest BCUT2D eigenvalue weighted by Crippen LogP contribution is 2.38. The SMILES string of the molecule is Fc1ccc(-c2cc(C(F)(F)F)ccc2-c2cc(Oc3ccc4cccnc4c3)ncn2)cc1. The molecule has 0 fully saturated rings. The third kappa shape index (κ3) is 4.43. The van der Waals surface area contributed by atoms with Gasteiger partial charge in [0, 0.05) is 29.3 Å². The number of fused-ring (bicyclic) bond motifs is 1. The molecule has 0 saturated heterocycles. The highest BCUT2D eigenvalue weighted by molar-refractivity contribution is 5.83. The van der Waals surface area contributed by atoms with Crippen LogP contribution in [0.15, 0.2) is 91.4 Å². The number of pyridine rings is 1. The second-order valence-electron chi connectivity index (χ2n) is 7.47. The average molecular weight is 461 g/mol. The first kappa shape index (κ1) is 21.5. The van der Waals surface area contributed by atoms with E-state index in [1.54, 1.807) is 18.3 Å². The van der Waals surface area contributed by atoms with Crippen molar-refractivity contribution in [2.75, 3.05) is 0 Å². The molecule has 2 heterocycles. The number of aromatic nitrogens is 3. The normalized spacial score (nSPS) is 11.5. The van der Waals surface area contributed by atoms with Gasteiger partial charge >= 0.3 is 6.18 Å². The quantitative estimate of drug-likeness (QED) is 0.263. The van der Waals surface area contributed by atoms with Crippen molar-refractivity contribution in [1.82, 2.24) is 15.0 Å². The Hall–Kier alpha value is -4.33. The number of benzene rings is 3. The van der Waals surface area contributed by atoms with Crippen LogP contribution >= 0.6 is 0 Å². The van der Waals surface area contributed by atoms with Crippen molar-refractivity contribution in [2.45, 2.75) is 6.18 Å². The Morgan fingerprint density at radius 2 is 1.56 bits per heavy atom. The summed E-state index contributed by atoms with van der Waals surface area (Å²) in [5, 5.41) is 0.951. The van der Waals surface area contributed by atoms with Gasteiger partial charge in [0.25, 0.3) is 0 Å². The molecule has 0 bridgehead atoms. The molecule has 3 aromatic carbocycles. The summed E-state index contributed by atoms with van der Waals surface area (Å²) in [5.74, 6) is 0.229. The molecule has 0 aliphatic rings. The van der Waals surface area contributed by atoms with E-state index in [-0.39, 0.29) is 11.4 Å². The van der Waals surface area contributed by atoms with Crippen LogP contribution in [0, 0.1) is 5.82 Å². The van der Waals surface area contributed by atoms with E-state index in [1.165, 1.54) is 42.7 Å². The minimum Gasteiger partial charge on any atom is -0.439 e. The standard InChI is InChI=1S/C26H15F4N3O/c27-19-7-3-16(4-8-19)22-12-18(26(28,29)30)6-10-21(22)24-14-25(33-15-32-24)34-20-9-5-17-2-1-11-31-23(17)13-20/h1-15H. The van der Waals surface area contributed by atoms with Gasteiger partial charge in [0.05, 0.1) is 16.8 Å². The molecule has 5 aromatic rings. The van der Waals surface area contributed by atoms with E-state index < -0.39 is 17.6 Å². The lowest BCUT2D eigenvalue weighted by Gasteiger charge is -2.14. The Morgan fingerprint density at radius 3 is 2.35 bits per heavy atom. The third-order valence-electron chi connectivity index (χ3n) is 5.22. The summed E-state index contributed by atoms with van der Waals surface area (Å²) < 4.78 is 59.5. The molecule has 0 spiro atoms. The molecule has 0 atom stereocenters. The number of hydrogen-bond donors (Lipinski definition) is 0. The molecule has 34 heavy (non-hydrogen) atoms. The van der Waals surface area contributed by atoms with E-state index in [4.69, 9.17) is 4.74 Å². The van der Waals surface area contributed by atoms with Crippen LogP contribution in [0.2, 0.25) is 0 Å². The van der Waals surface area contributed by atoms with Gasteiger partial charge in [-0.15, -0.1) is 0 Å². The molecule has 8 heteroatoms. The molecule has 0 N–H and O–H groups in total. The molecular formula is C26H15F4N3O. The molecule has 4 nitrogen and oxygen atoms in total. The zero-order valence-electron chi connectivity index (χ0n) is 17.4. The lowest BCUT2D eigenvalue weighted by molar-refractivity contribution is -0.137. The van der Waals surface area contributed by atoms with Crippen LogP contribution in [0.1, 0.15) is 5.56 Å². The van der Waals surface area contributed by atoms with Crippen LogP contribution in [0.25, 0.3) is 33.3 Å². The summed E-state index contributed by atoms with van der Waals surface area (Å²) in [7, 11) is 0. The minimum absolute atomic E-state index is 0.213. The van der Waals surface area contributed by atoms with Gasteiger partial charge in [-0.05, 0) is 53.6 Å². The Morgan fingerprint density at radius 1 is 0.735 bits per heavy atom. The maximum absolute atomic E-state index is 13.4. The molecular weight excluding hydrogens is 446 g/mol. The Labute approximate surface area is 191 Å². The third-order valence-corrected chi connectivity index (χ3v) is 5.22. The molecule has 2 aromatic heterocycles. The lowest BCUT2D eigenvalue weighted by atomic mass is 9.95. The number of halogens is 4. The molecule has 0 radical (unpaired) electrons. The Balaban J connectivity index is 1.55. The van der Waals surface area contributed by atoms with Gasteiger partial charge in [-0.3, -0.25) is 4.98 Å². The van der Waals surface area contributed by atoms with Gasteiger partial charge in [0.2, 0.25) is 5.88 Å². The van der Waals surface area contributed by atoms with Gasteiger partial charge in [-0.25, -0.2) is 14.4 Å². The molecule has 0 aliphatic carbocycles. The van der Waals surface area contributed by atoms with Crippen molar-refractivity contribution in [3.8, 4) is 34.0 Å². The van der Waals surface area contributed by atoms with Gasteiger partial charge in [0.15, 0.2) is 0 Å². The number of ether oxygens (including phenoxy) is 1. The van der Waals surface area contributed by atoms with Crippen LogP contribution in [0.5, 0.6) is 11.6 Å². The molecule has 0 saturated carbocycles. The van der Waals surface area contributed by atoms with E-state index in [2.05, 4.69) is 15.0 Å². The van der Waals surface area contributed by atoms with Crippen molar-refractivity contribution in [1.29, 1.82) is 0 Å². The summed E-state index contributed by atoms with van der Waals surface area (Å²) >= 11 is 0. The molecule has 168 valence electrons. The Kier molecular flexibility index (Phi) is 5.41. The van der Waals surface area contributed by atoms with Gasteiger partial charge in [-0.1, -0.05) is 24.3 Å². The summed E-state index contributed by atoms with van der Waals surface area (Å²) in [6, 6.07) is 19.3. The zero-order chi connectivity index (χ0) is 23.7. The van der Waals surface area contributed by atoms with Crippen LogP contribution in [-0.4, -0.2) is 15.0 Å². The smallest absolute Gasteiger partial charge is 0.416 e. The fraction of sp³-hybridized carbons (Fsp3) is 0.0385. The second kappa shape index (κ2) is 8.55. The predicted molar refractivity (Wildman–Crippen MR) is 120 cm³/mol. The van der Waals surface area contributed by atoms with Gasteiger partial charge in [0.1, 0.15) is 17.9 Å². The fourth-order valence-electron chi connectivity index (χ4n) is 3.59. The summed E-state index contributed by atoms with van der Waals surface area (Å²) in [6.45, 7) is 0. The zero-order valence-corrected chi connectivity index (χ0v) is 17.4. The first-order chi connectivity index (χ1) is 16.4. The summed E-state index contributed by atoms with van der Waals surface area (Å²) in [6.07, 6.45) is -1.58. The largest absolute Gasteiger partial charge is 0.439 e. The van der Waals surface area contributed by atoms with Crippen LogP contribution in [0.4, 0.5) is 17.6 Å². The first-order valence-corrected chi connectivity index (χ1v) is 10.2. The number of hydrogen-bond acceptors (Lipinski definition) is 4. The van der Waals surface area contributed by atoms with Gasteiger partial charge in [-0.2, -0.15) is 13.2 Å². The second-order valence-corrected chi connectivity index (χ2v) is 7.47. The van der Waals surface area contributed by atoms with Crippen LogP contribution in [0.3, 0.4) is 0 Å². The predicted octanol–water partition coefficient (Wildman–Crippen LogP) is 7.31. The lowest BCUT2D eigenvalue weighted by Crippen LogP contribution is -2.05. The van der Waals surface area contributed by atoms with Crippen molar-refractivity contribution in [3.05, 3.63) is 103 Å². The summed E-state index contributed by atoms with van der Waals surface area (Å²) in [4.78, 5) is 12.7. The highest BCUT2D eigenvalue weighted by Gasteiger charge is 2.31. The first-order valence-electron chi connectivity index (χ1n) is 10.2. The van der Waals surface area contributed by atoms with E-state index in [0.29, 0.717) is 22.6 Å². The Bertz CT molecular complexity index is 1480. The highest BCUT2D eigenvalue weighted by atomic mass is 19.4. The van der Waals surface area contributed by atoms with E-state index in [1.807, 2.05) is 18.2 Å². The molecule has 0 amide bonds.